The van der Waals surface area contributed by atoms with Gasteiger partial charge in [-0.2, -0.15) is 10.4 Å². The lowest BCUT2D eigenvalue weighted by atomic mass is 10.1. The fourth-order valence-electron chi connectivity index (χ4n) is 2.88. The van der Waals surface area contributed by atoms with Crippen molar-refractivity contribution in [2.45, 2.75) is 47.1 Å². The van der Waals surface area contributed by atoms with Crippen molar-refractivity contribution >= 4 is 22.7 Å². The van der Waals surface area contributed by atoms with E-state index in [9.17, 15) is 10.1 Å². The highest BCUT2D eigenvalue weighted by molar-refractivity contribution is 5.91. The highest BCUT2D eigenvalue weighted by Gasteiger charge is 2.15. The topological polar surface area (TPSA) is 83.9 Å². The lowest BCUT2D eigenvalue weighted by molar-refractivity contribution is -0.118. The molecule has 0 aliphatic carbocycles. The van der Waals surface area contributed by atoms with Gasteiger partial charge in [0.2, 0.25) is 5.91 Å². The number of nitrogens with one attached hydrogen (secondary N) is 1. The third kappa shape index (κ3) is 3.87. The summed E-state index contributed by atoms with van der Waals surface area (Å²) in [6.07, 6.45) is 0. The zero-order chi connectivity index (χ0) is 19.7. The van der Waals surface area contributed by atoms with Crippen LogP contribution in [0.2, 0.25) is 0 Å². The second kappa shape index (κ2) is 7.28. The van der Waals surface area contributed by atoms with Crippen molar-refractivity contribution in [1.29, 1.82) is 5.26 Å². The standard InChI is InChI=1S/C21H24N4O2/c1-12(2)18-9-16-7-15(10-22)8-17(20(16)27-18)11-25-14(5)6-19(24-25)23-21(26)13(3)4/h6-9,12-13H,11H2,1-5H3,(H,23,24,26). The Morgan fingerprint density at radius 3 is 2.63 bits per heavy atom. The zero-order valence-corrected chi connectivity index (χ0v) is 16.3. The molecule has 0 radical (unpaired) electrons. The molecule has 1 aromatic carbocycles. The summed E-state index contributed by atoms with van der Waals surface area (Å²) in [5.74, 6) is 1.51. The third-order valence-electron chi connectivity index (χ3n) is 4.49. The number of furan rings is 1. The Morgan fingerprint density at radius 1 is 1.26 bits per heavy atom. The first-order valence-electron chi connectivity index (χ1n) is 9.10. The number of anilines is 1. The Morgan fingerprint density at radius 2 is 2.00 bits per heavy atom. The number of carbonyl (C=O) groups excluding carboxylic acids is 1. The maximum Gasteiger partial charge on any atom is 0.228 e. The second-order valence-corrected chi connectivity index (χ2v) is 7.44. The summed E-state index contributed by atoms with van der Waals surface area (Å²) in [6.45, 7) is 10.2. The average Bonchev–Trinajstić information content (AvgIpc) is 3.18. The minimum absolute atomic E-state index is 0.0684. The molecule has 1 N–H and O–H groups in total. The molecule has 3 rings (SSSR count). The van der Waals surface area contributed by atoms with Gasteiger partial charge in [-0.3, -0.25) is 9.48 Å². The minimum atomic E-state index is -0.111. The van der Waals surface area contributed by atoms with E-state index in [1.54, 1.807) is 0 Å². The second-order valence-electron chi connectivity index (χ2n) is 7.44. The predicted octanol–water partition coefficient (Wildman–Crippen LogP) is 4.58. The van der Waals surface area contributed by atoms with Gasteiger partial charge in [0.05, 0.1) is 18.2 Å². The summed E-state index contributed by atoms with van der Waals surface area (Å²) >= 11 is 0. The molecule has 0 saturated heterocycles. The summed E-state index contributed by atoms with van der Waals surface area (Å²) in [7, 11) is 0. The fraction of sp³-hybridized carbons (Fsp3) is 0.381. The molecule has 3 aromatic rings. The highest BCUT2D eigenvalue weighted by atomic mass is 16.3. The molecule has 0 unspecified atom stereocenters. The third-order valence-corrected chi connectivity index (χ3v) is 4.49. The van der Waals surface area contributed by atoms with Crippen LogP contribution in [0, 0.1) is 24.2 Å². The maximum atomic E-state index is 11.9. The highest BCUT2D eigenvalue weighted by Crippen LogP contribution is 2.29. The van der Waals surface area contributed by atoms with E-state index in [1.807, 2.05) is 49.7 Å². The predicted molar refractivity (Wildman–Crippen MR) is 105 cm³/mol. The molecule has 2 aromatic heterocycles. The number of carbonyl (C=O) groups is 1. The number of nitrogens with zero attached hydrogens (tertiary/aromatic N) is 3. The monoisotopic (exact) mass is 364 g/mol. The van der Waals surface area contributed by atoms with Crippen LogP contribution < -0.4 is 5.32 Å². The van der Waals surface area contributed by atoms with Gasteiger partial charge in [-0.15, -0.1) is 0 Å². The van der Waals surface area contributed by atoms with Crippen molar-refractivity contribution < 1.29 is 9.21 Å². The van der Waals surface area contributed by atoms with Crippen LogP contribution in [0.3, 0.4) is 0 Å². The minimum Gasteiger partial charge on any atom is -0.460 e. The molecule has 0 aliphatic heterocycles. The molecule has 0 spiro atoms. The number of benzene rings is 1. The Labute approximate surface area is 158 Å². The van der Waals surface area contributed by atoms with Crippen molar-refractivity contribution in [2.24, 2.45) is 5.92 Å². The summed E-state index contributed by atoms with van der Waals surface area (Å²) in [6, 6.07) is 9.73. The molecule has 6 heteroatoms. The van der Waals surface area contributed by atoms with E-state index in [2.05, 4.69) is 30.3 Å². The van der Waals surface area contributed by atoms with Crippen LogP contribution in [0.5, 0.6) is 0 Å². The smallest absolute Gasteiger partial charge is 0.228 e. The molecule has 0 saturated carbocycles. The number of hydrogen-bond donors (Lipinski definition) is 1. The molecular weight excluding hydrogens is 340 g/mol. The SMILES string of the molecule is Cc1cc(NC(=O)C(C)C)nn1Cc1cc(C#N)cc2cc(C(C)C)oc12. The fourth-order valence-corrected chi connectivity index (χ4v) is 2.88. The van der Waals surface area contributed by atoms with E-state index in [4.69, 9.17) is 4.42 Å². The molecule has 0 bridgehead atoms. The van der Waals surface area contributed by atoms with Gasteiger partial charge in [0, 0.05) is 34.5 Å². The Balaban J connectivity index is 1.98. The van der Waals surface area contributed by atoms with E-state index in [0.717, 1.165) is 28.0 Å². The summed E-state index contributed by atoms with van der Waals surface area (Å²) in [5, 5.41) is 17.6. The van der Waals surface area contributed by atoms with E-state index in [1.165, 1.54) is 0 Å². The van der Waals surface area contributed by atoms with Gasteiger partial charge in [0.15, 0.2) is 5.82 Å². The summed E-state index contributed by atoms with van der Waals surface area (Å²) < 4.78 is 7.86. The van der Waals surface area contributed by atoms with Crippen LogP contribution >= 0.6 is 0 Å². The van der Waals surface area contributed by atoms with Crippen LogP contribution in [0.4, 0.5) is 5.82 Å². The normalized spacial score (nSPS) is 11.3. The van der Waals surface area contributed by atoms with Crippen molar-refractivity contribution in [3.8, 4) is 6.07 Å². The molecule has 27 heavy (non-hydrogen) atoms. The van der Waals surface area contributed by atoms with E-state index in [0.29, 0.717) is 17.9 Å². The van der Waals surface area contributed by atoms with Crippen LogP contribution in [-0.2, 0) is 11.3 Å². The largest absolute Gasteiger partial charge is 0.460 e. The number of nitriles is 1. The Hall–Kier alpha value is -3.07. The number of fused-ring (bicyclic) bond motifs is 1. The van der Waals surface area contributed by atoms with Crippen LogP contribution in [-0.4, -0.2) is 15.7 Å². The Bertz CT molecular complexity index is 1030. The number of aromatic nitrogens is 2. The molecule has 0 atom stereocenters. The van der Waals surface area contributed by atoms with Gasteiger partial charge >= 0.3 is 0 Å². The first-order valence-corrected chi connectivity index (χ1v) is 9.10. The lowest BCUT2D eigenvalue weighted by Gasteiger charge is -2.07. The maximum absolute atomic E-state index is 11.9. The van der Waals surface area contributed by atoms with Crippen molar-refractivity contribution in [1.82, 2.24) is 9.78 Å². The number of rotatable bonds is 5. The van der Waals surface area contributed by atoms with Crippen LogP contribution in [0.25, 0.3) is 11.0 Å². The quantitative estimate of drug-likeness (QED) is 0.718. The molecule has 140 valence electrons. The van der Waals surface area contributed by atoms with E-state index < -0.39 is 0 Å². The van der Waals surface area contributed by atoms with E-state index >= 15 is 0 Å². The van der Waals surface area contributed by atoms with Gasteiger partial charge < -0.3 is 9.73 Å². The summed E-state index contributed by atoms with van der Waals surface area (Å²) in [4.78, 5) is 11.9. The van der Waals surface area contributed by atoms with Gasteiger partial charge in [0.1, 0.15) is 11.3 Å². The number of hydrogen-bond acceptors (Lipinski definition) is 4. The van der Waals surface area contributed by atoms with Crippen molar-refractivity contribution in [2.75, 3.05) is 5.32 Å². The molecule has 0 aliphatic rings. The number of amides is 1. The van der Waals surface area contributed by atoms with Gasteiger partial charge in [-0.25, -0.2) is 0 Å². The van der Waals surface area contributed by atoms with Crippen LogP contribution in [0.15, 0.2) is 28.7 Å². The van der Waals surface area contributed by atoms with Gasteiger partial charge in [-0.1, -0.05) is 27.7 Å². The number of aryl methyl sites for hydroxylation is 1. The molecule has 6 nitrogen and oxygen atoms in total. The average molecular weight is 364 g/mol. The molecular formula is C21H24N4O2. The molecule has 0 fully saturated rings. The molecule has 1 amide bonds. The van der Waals surface area contributed by atoms with Gasteiger partial charge in [-0.05, 0) is 25.1 Å². The first kappa shape index (κ1) is 18.7. The Kier molecular flexibility index (Phi) is 5.04. The molecule has 2 heterocycles. The zero-order valence-electron chi connectivity index (χ0n) is 16.3. The van der Waals surface area contributed by atoms with Crippen molar-refractivity contribution in [3.05, 3.63) is 46.8 Å². The van der Waals surface area contributed by atoms with Crippen molar-refractivity contribution in [3.63, 3.8) is 0 Å². The lowest BCUT2D eigenvalue weighted by Crippen LogP contribution is -2.18. The summed E-state index contributed by atoms with van der Waals surface area (Å²) in [5.41, 5.74) is 3.18. The first-order chi connectivity index (χ1) is 12.8. The van der Waals surface area contributed by atoms with Crippen LogP contribution in [0.1, 0.15) is 56.2 Å². The van der Waals surface area contributed by atoms with E-state index in [-0.39, 0.29) is 17.7 Å². The van der Waals surface area contributed by atoms with Gasteiger partial charge in [0.25, 0.3) is 0 Å².